The fraction of sp³-hybridized carbons (Fsp3) is 0.407. The van der Waals surface area contributed by atoms with E-state index in [4.69, 9.17) is 9.97 Å². The fourth-order valence-corrected chi connectivity index (χ4v) is 11.6. The summed E-state index contributed by atoms with van der Waals surface area (Å²) in [5.41, 5.74) is 8.49. The maximum Gasteiger partial charge on any atom is 0.245 e. The molecule has 5 aliphatic rings. The van der Waals surface area contributed by atoms with E-state index in [1.807, 2.05) is 36.7 Å². The summed E-state index contributed by atoms with van der Waals surface area (Å²) >= 11 is 0. The summed E-state index contributed by atoms with van der Waals surface area (Å²) in [6, 6.07) is 38.6. The van der Waals surface area contributed by atoms with E-state index in [0.29, 0.717) is 18.0 Å². The third kappa shape index (κ3) is 7.68. The lowest BCUT2D eigenvalue weighted by molar-refractivity contribution is -0.142. The highest BCUT2D eigenvalue weighted by atomic mass is 16.2. The Labute approximate surface area is 377 Å². The normalized spacial score (nSPS) is 22.8. The zero-order chi connectivity index (χ0) is 43.3. The lowest BCUT2D eigenvalue weighted by Gasteiger charge is -2.40. The quantitative estimate of drug-likeness (QED) is 0.107. The number of fused-ring (bicyclic) bond motifs is 2. The van der Waals surface area contributed by atoms with Crippen molar-refractivity contribution in [1.82, 2.24) is 39.5 Å². The number of aromatic nitrogens is 4. The maximum absolute atomic E-state index is 14.8. The number of amides is 2. The predicted octanol–water partition coefficient (Wildman–Crippen LogP) is 10.3. The van der Waals surface area contributed by atoms with Gasteiger partial charge in [-0.05, 0) is 110 Å². The Kier molecular flexibility index (Phi) is 11.0. The van der Waals surface area contributed by atoms with Gasteiger partial charge in [-0.25, -0.2) is 9.97 Å². The molecule has 2 saturated heterocycles. The molecule has 2 aliphatic heterocycles. The van der Waals surface area contributed by atoms with Crippen molar-refractivity contribution >= 4 is 11.8 Å². The van der Waals surface area contributed by atoms with Crippen LogP contribution in [0.3, 0.4) is 0 Å². The molecule has 4 aromatic carbocycles. The van der Waals surface area contributed by atoms with Crippen molar-refractivity contribution in [3.63, 3.8) is 0 Å². The number of imidazole rings is 2. The van der Waals surface area contributed by atoms with Crippen LogP contribution in [0.2, 0.25) is 0 Å². The molecule has 6 atom stereocenters. The van der Waals surface area contributed by atoms with Gasteiger partial charge >= 0.3 is 0 Å². The molecule has 2 aromatic heterocycles. The highest BCUT2D eigenvalue weighted by Gasteiger charge is 2.52. The minimum atomic E-state index is -0.274. The lowest BCUT2D eigenvalue weighted by Crippen LogP contribution is -2.48. The molecule has 0 radical (unpaired) electrons. The number of nitrogens with zero attached hydrogens (tertiary/aromatic N) is 6. The molecule has 6 aromatic rings. The lowest BCUT2D eigenvalue weighted by atomic mass is 9.95. The number of benzene rings is 4. The fourth-order valence-electron chi connectivity index (χ4n) is 11.6. The van der Waals surface area contributed by atoms with Gasteiger partial charge in [0.1, 0.15) is 23.7 Å². The van der Waals surface area contributed by atoms with E-state index in [2.05, 4.69) is 128 Å². The summed E-state index contributed by atoms with van der Waals surface area (Å²) in [6.45, 7) is 6.82. The summed E-state index contributed by atoms with van der Waals surface area (Å²) in [7, 11) is 0. The maximum atomic E-state index is 14.8. The molecule has 0 spiro atoms. The van der Waals surface area contributed by atoms with E-state index in [1.165, 1.54) is 0 Å². The van der Waals surface area contributed by atoms with Gasteiger partial charge in [-0.15, -0.1) is 0 Å². The summed E-state index contributed by atoms with van der Waals surface area (Å²) in [5, 5.41) is 0. The van der Waals surface area contributed by atoms with Crippen LogP contribution in [0.1, 0.15) is 119 Å². The number of carbonyl (C=O) groups is 2. The molecule has 64 heavy (non-hydrogen) atoms. The van der Waals surface area contributed by atoms with Crippen molar-refractivity contribution in [3.05, 3.63) is 144 Å². The van der Waals surface area contributed by atoms with Crippen LogP contribution in [0.5, 0.6) is 0 Å². The number of likely N-dealkylation sites (tertiary alicyclic amines) is 2. The van der Waals surface area contributed by atoms with Crippen LogP contribution in [0.15, 0.2) is 122 Å². The number of nitrogens with one attached hydrogen (secondary N) is 2. The Hall–Kier alpha value is -5.84. The topological polar surface area (TPSA) is 104 Å². The Morgan fingerprint density at radius 1 is 0.609 bits per heavy atom. The van der Waals surface area contributed by atoms with Crippen molar-refractivity contribution in [2.45, 2.75) is 114 Å². The Balaban J connectivity index is 0.776. The number of aromatic amines is 2. The van der Waals surface area contributed by atoms with Gasteiger partial charge in [-0.1, -0.05) is 123 Å². The second-order valence-electron chi connectivity index (χ2n) is 18.9. The molecule has 3 saturated carbocycles. The van der Waals surface area contributed by atoms with E-state index >= 15 is 0 Å². The first-order valence-electron chi connectivity index (χ1n) is 24.0. The Morgan fingerprint density at radius 2 is 1.11 bits per heavy atom. The van der Waals surface area contributed by atoms with Gasteiger partial charge in [0, 0.05) is 24.7 Å². The number of H-pyrrole nitrogens is 2. The van der Waals surface area contributed by atoms with Crippen LogP contribution in [0.25, 0.3) is 33.6 Å². The van der Waals surface area contributed by atoms with Gasteiger partial charge in [0.2, 0.25) is 11.8 Å². The first kappa shape index (κ1) is 40.9. The summed E-state index contributed by atoms with van der Waals surface area (Å²) in [5.74, 6) is 2.59. The molecule has 2 N–H and O–H groups in total. The minimum Gasteiger partial charge on any atom is -0.340 e. The SMILES string of the molecule is CCN(C1CC1)[C@H](C(=O)N1CCC[C@H]1c1ncc(-c2ccc(-c3ccc(-c4cnc([C@H]5[C@H]6CC[C@@H](C6)N5C(=O)[C@@H](c5ccccc5)N(CC)C5CC5)[nH]4)cc3)cc2)[nH]1)c1ccccc1. The van der Waals surface area contributed by atoms with Crippen molar-refractivity contribution in [2.75, 3.05) is 19.6 Å². The number of likely N-dealkylation sites (N-methyl/N-ethyl adjacent to an activating group) is 2. The molecule has 3 aliphatic carbocycles. The summed E-state index contributed by atoms with van der Waals surface area (Å²) in [6.07, 6.45) is 13.6. The van der Waals surface area contributed by atoms with Gasteiger partial charge in [0.05, 0.1) is 35.9 Å². The summed E-state index contributed by atoms with van der Waals surface area (Å²) in [4.78, 5) is 55.6. The number of hydrogen-bond acceptors (Lipinski definition) is 6. The van der Waals surface area contributed by atoms with Crippen LogP contribution < -0.4 is 0 Å². The van der Waals surface area contributed by atoms with Crippen LogP contribution in [0, 0.1) is 5.92 Å². The van der Waals surface area contributed by atoms with Crippen molar-refractivity contribution in [2.24, 2.45) is 5.92 Å². The first-order chi connectivity index (χ1) is 31.5. The highest BCUT2D eigenvalue weighted by Crippen LogP contribution is 2.51. The van der Waals surface area contributed by atoms with Gasteiger partial charge in [-0.3, -0.25) is 19.4 Å². The average Bonchev–Trinajstić information content (AvgIpc) is 3.97. The molecule has 2 amide bonds. The van der Waals surface area contributed by atoms with E-state index in [-0.39, 0.29) is 42.0 Å². The van der Waals surface area contributed by atoms with Crippen LogP contribution in [-0.4, -0.2) is 89.1 Å². The molecular formula is C54H60N8O2. The molecule has 4 heterocycles. The van der Waals surface area contributed by atoms with E-state index in [0.717, 1.165) is 134 Å². The van der Waals surface area contributed by atoms with Crippen molar-refractivity contribution in [1.29, 1.82) is 0 Å². The molecule has 11 rings (SSSR count). The minimum absolute atomic E-state index is 0.0387. The van der Waals surface area contributed by atoms with Gasteiger partial charge in [-0.2, -0.15) is 0 Å². The number of carbonyl (C=O) groups excluding carboxylic acids is 2. The number of piperidine rings is 1. The molecule has 5 fully saturated rings. The second kappa shape index (κ2) is 17.3. The Morgan fingerprint density at radius 3 is 1.64 bits per heavy atom. The summed E-state index contributed by atoms with van der Waals surface area (Å²) < 4.78 is 0. The monoisotopic (exact) mass is 852 g/mol. The zero-order valence-corrected chi connectivity index (χ0v) is 37.2. The third-order valence-corrected chi connectivity index (χ3v) is 15.0. The molecule has 328 valence electrons. The number of rotatable bonds is 15. The molecular weight excluding hydrogens is 793 g/mol. The van der Waals surface area contributed by atoms with Crippen LogP contribution in [0.4, 0.5) is 0 Å². The van der Waals surface area contributed by atoms with E-state index < -0.39 is 0 Å². The molecule has 10 nitrogen and oxygen atoms in total. The first-order valence-corrected chi connectivity index (χ1v) is 24.0. The standard InChI is InChI=1S/C54H60N8O2/c1-3-59(42-27-28-42)49(39-12-7-5-8-13-39)53(63)61-31-11-16-47(61)51-55-33-45(57-51)37-21-17-35(18-22-37)36-19-23-38(24-20-36)46-34-56-52(58-46)48-41-25-26-44(32-41)62(48)54(64)50(40-14-9-6-10-15-40)60(4-2)43-29-30-43/h5-10,12-15,17-24,33-34,41-44,47-50H,3-4,11,16,25-32H2,1-2H3,(H,55,57)(H,56,58)/t41-,44-,47-,48+,49-,50+/m0/s1. The van der Waals surface area contributed by atoms with E-state index in [9.17, 15) is 9.59 Å². The smallest absolute Gasteiger partial charge is 0.245 e. The second-order valence-corrected chi connectivity index (χ2v) is 18.9. The van der Waals surface area contributed by atoms with E-state index in [1.54, 1.807) is 0 Å². The Bertz CT molecular complexity index is 2560. The zero-order valence-electron chi connectivity index (χ0n) is 37.2. The number of hydrogen-bond donors (Lipinski definition) is 2. The highest BCUT2D eigenvalue weighted by molar-refractivity contribution is 5.85. The van der Waals surface area contributed by atoms with Crippen molar-refractivity contribution < 1.29 is 9.59 Å². The average molecular weight is 853 g/mol. The van der Waals surface area contributed by atoms with Gasteiger partial charge in [0.15, 0.2) is 0 Å². The molecule has 2 bridgehead atoms. The van der Waals surface area contributed by atoms with Gasteiger partial charge in [0.25, 0.3) is 0 Å². The predicted molar refractivity (Wildman–Crippen MR) is 251 cm³/mol. The molecule has 0 unspecified atom stereocenters. The van der Waals surface area contributed by atoms with Crippen LogP contribution in [-0.2, 0) is 9.59 Å². The molecule has 10 heteroatoms. The largest absolute Gasteiger partial charge is 0.340 e. The van der Waals surface area contributed by atoms with Crippen molar-refractivity contribution in [3.8, 4) is 33.6 Å². The van der Waals surface area contributed by atoms with Crippen LogP contribution >= 0.6 is 0 Å². The van der Waals surface area contributed by atoms with Gasteiger partial charge < -0.3 is 19.8 Å². The third-order valence-electron chi connectivity index (χ3n) is 15.0.